The van der Waals surface area contributed by atoms with Crippen LogP contribution in [0.5, 0.6) is 0 Å². The molecule has 1 heterocycles. The van der Waals surface area contributed by atoms with Crippen molar-refractivity contribution in [1.82, 2.24) is 4.98 Å². The molecule has 0 aliphatic rings. The maximum Gasteiger partial charge on any atom is 0.354 e. The minimum absolute atomic E-state index is 0.307. The molecule has 0 atom stereocenters. The summed E-state index contributed by atoms with van der Waals surface area (Å²) >= 11 is 0. The number of esters is 1. The minimum Gasteiger partial charge on any atom is -0.461 e. The molecule has 2 aromatic rings. The lowest BCUT2D eigenvalue weighted by molar-refractivity contribution is 0.0489. The molecule has 0 amide bonds. The summed E-state index contributed by atoms with van der Waals surface area (Å²) in [5.74, 6) is 0.327. The van der Waals surface area contributed by atoms with Gasteiger partial charge in [-0.2, -0.15) is 0 Å². The normalized spacial score (nSPS) is 11.1. The molecule has 0 bridgehead atoms. The first kappa shape index (κ1) is 13.5. The van der Waals surface area contributed by atoms with Gasteiger partial charge < -0.3 is 15.5 Å². The van der Waals surface area contributed by atoms with Crippen LogP contribution in [0.1, 0.15) is 37.2 Å². The second-order valence-corrected chi connectivity index (χ2v) is 5.20. The van der Waals surface area contributed by atoms with E-state index in [0.29, 0.717) is 23.9 Å². The van der Waals surface area contributed by atoms with E-state index in [4.69, 9.17) is 10.5 Å². The Kier molecular flexibility index (Phi) is 4.10. The van der Waals surface area contributed by atoms with Crippen molar-refractivity contribution in [1.29, 1.82) is 0 Å². The van der Waals surface area contributed by atoms with Gasteiger partial charge >= 0.3 is 5.97 Å². The Morgan fingerprint density at radius 3 is 2.89 bits per heavy atom. The van der Waals surface area contributed by atoms with Gasteiger partial charge in [0, 0.05) is 16.6 Å². The number of hydrogen-bond donors (Lipinski definition) is 2. The Morgan fingerprint density at radius 1 is 1.37 bits per heavy atom. The molecule has 1 aromatic carbocycles. The summed E-state index contributed by atoms with van der Waals surface area (Å²) in [6, 6.07) is 7.27. The van der Waals surface area contributed by atoms with Gasteiger partial charge in [-0.3, -0.25) is 0 Å². The first-order valence-corrected chi connectivity index (χ1v) is 6.61. The summed E-state index contributed by atoms with van der Waals surface area (Å²) in [6.07, 6.45) is 1.97. The molecule has 3 N–H and O–H groups in total. The van der Waals surface area contributed by atoms with E-state index in [9.17, 15) is 4.79 Å². The number of aromatic amines is 1. The largest absolute Gasteiger partial charge is 0.461 e. The number of carbonyl (C=O) groups excluding carboxylic acids is 1. The van der Waals surface area contributed by atoms with Crippen molar-refractivity contribution in [2.45, 2.75) is 26.7 Å². The van der Waals surface area contributed by atoms with Crippen LogP contribution in [0.4, 0.5) is 5.69 Å². The topological polar surface area (TPSA) is 68.1 Å². The van der Waals surface area contributed by atoms with Gasteiger partial charge in [0.1, 0.15) is 5.69 Å². The quantitative estimate of drug-likeness (QED) is 0.492. The maximum atomic E-state index is 11.9. The van der Waals surface area contributed by atoms with E-state index in [1.54, 1.807) is 12.1 Å². The standard InChI is InChI=1S/C15H20N2O2/c1-10(2)4-3-7-19-15(18)14-9-11-8-12(16)5-6-13(11)17-14/h5-6,8-10,17H,3-4,7,16H2,1-2H3. The van der Waals surface area contributed by atoms with Crippen molar-refractivity contribution in [2.75, 3.05) is 12.3 Å². The number of fused-ring (bicyclic) bond motifs is 1. The maximum absolute atomic E-state index is 11.9. The molecule has 19 heavy (non-hydrogen) atoms. The van der Waals surface area contributed by atoms with E-state index in [1.165, 1.54) is 0 Å². The lowest BCUT2D eigenvalue weighted by atomic mass is 10.1. The van der Waals surface area contributed by atoms with Gasteiger partial charge in [0.05, 0.1) is 6.61 Å². The molecule has 1 aromatic heterocycles. The summed E-state index contributed by atoms with van der Waals surface area (Å²) in [5.41, 5.74) is 7.76. The van der Waals surface area contributed by atoms with E-state index >= 15 is 0 Å². The predicted octanol–water partition coefficient (Wildman–Crippen LogP) is 3.34. The van der Waals surface area contributed by atoms with Crippen LogP contribution >= 0.6 is 0 Å². The molecular weight excluding hydrogens is 240 g/mol. The molecule has 0 radical (unpaired) electrons. The van der Waals surface area contributed by atoms with Crippen molar-refractivity contribution in [3.8, 4) is 0 Å². The summed E-state index contributed by atoms with van der Waals surface area (Å²) in [7, 11) is 0. The molecule has 0 saturated heterocycles. The first-order valence-electron chi connectivity index (χ1n) is 6.61. The highest BCUT2D eigenvalue weighted by Gasteiger charge is 2.10. The minimum atomic E-state index is -0.307. The molecule has 0 fully saturated rings. The zero-order chi connectivity index (χ0) is 13.8. The summed E-state index contributed by atoms with van der Waals surface area (Å²) in [6.45, 7) is 4.78. The zero-order valence-corrected chi connectivity index (χ0v) is 11.4. The van der Waals surface area contributed by atoms with E-state index in [0.717, 1.165) is 23.7 Å². The van der Waals surface area contributed by atoms with Crippen LogP contribution in [0.15, 0.2) is 24.3 Å². The highest BCUT2D eigenvalue weighted by atomic mass is 16.5. The van der Waals surface area contributed by atoms with E-state index < -0.39 is 0 Å². The van der Waals surface area contributed by atoms with E-state index in [1.807, 2.05) is 12.1 Å². The number of aromatic nitrogens is 1. The van der Waals surface area contributed by atoms with Gasteiger partial charge in [0.25, 0.3) is 0 Å². The fourth-order valence-corrected chi connectivity index (χ4v) is 2.00. The van der Waals surface area contributed by atoms with Gasteiger partial charge in [-0.25, -0.2) is 4.79 Å². The molecule has 102 valence electrons. The Balaban J connectivity index is 1.97. The monoisotopic (exact) mass is 260 g/mol. The lowest BCUT2D eigenvalue weighted by Gasteiger charge is -2.05. The van der Waals surface area contributed by atoms with Crippen molar-refractivity contribution in [2.24, 2.45) is 5.92 Å². The summed E-state index contributed by atoms with van der Waals surface area (Å²) in [5, 5.41) is 0.925. The Labute approximate surface area is 112 Å². The fourth-order valence-electron chi connectivity index (χ4n) is 2.00. The number of nitrogens with one attached hydrogen (secondary N) is 1. The number of H-pyrrole nitrogens is 1. The second-order valence-electron chi connectivity index (χ2n) is 5.20. The third-order valence-corrected chi connectivity index (χ3v) is 3.02. The third kappa shape index (κ3) is 3.50. The SMILES string of the molecule is CC(C)CCCOC(=O)c1cc2cc(N)ccc2[nH]1. The average Bonchev–Trinajstić information content (AvgIpc) is 2.77. The number of ether oxygens (including phenoxy) is 1. The number of benzene rings is 1. The summed E-state index contributed by atoms with van der Waals surface area (Å²) in [4.78, 5) is 14.9. The highest BCUT2D eigenvalue weighted by Crippen LogP contribution is 2.19. The van der Waals surface area contributed by atoms with Crippen LogP contribution in [0, 0.1) is 5.92 Å². The Bertz CT molecular complexity index is 573. The van der Waals surface area contributed by atoms with Crippen LogP contribution in [0.3, 0.4) is 0 Å². The lowest BCUT2D eigenvalue weighted by Crippen LogP contribution is -2.07. The molecule has 0 spiro atoms. The van der Waals surface area contributed by atoms with Gasteiger partial charge in [-0.15, -0.1) is 0 Å². The van der Waals surface area contributed by atoms with Crippen molar-refractivity contribution in [3.05, 3.63) is 30.0 Å². The van der Waals surface area contributed by atoms with Gasteiger partial charge in [0.15, 0.2) is 0 Å². The average molecular weight is 260 g/mol. The van der Waals surface area contributed by atoms with Gasteiger partial charge in [-0.05, 0) is 43.0 Å². The molecular formula is C15H20N2O2. The Hall–Kier alpha value is -1.97. The summed E-state index contributed by atoms with van der Waals surface area (Å²) < 4.78 is 5.24. The number of hydrogen-bond acceptors (Lipinski definition) is 3. The number of carbonyl (C=O) groups is 1. The second kappa shape index (κ2) is 5.78. The van der Waals surface area contributed by atoms with Gasteiger partial charge in [-0.1, -0.05) is 13.8 Å². The van der Waals surface area contributed by atoms with Crippen molar-refractivity contribution in [3.63, 3.8) is 0 Å². The predicted molar refractivity (Wildman–Crippen MR) is 77.1 cm³/mol. The molecule has 0 saturated carbocycles. The van der Waals surface area contributed by atoms with Gasteiger partial charge in [0.2, 0.25) is 0 Å². The fraction of sp³-hybridized carbons (Fsp3) is 0.400. The molecule has 2 rings (SSSR count). The van der Waals surface area contributed by atoms with Crippen molar-refractivity contribution < 1.29 is 9.53 Å². The zero-order valence-electron chi connectivity index (χ0n) is 11.4. The smallest absolute Gasteiger partial charge is 0.354 e. The van der Waals surface area contributed by atoms with Crippen LogP contribution in [0.2, 0.25) is 0 Å². The molecule has 0 aliphatic carbocycles. The van der Waals surface area contributed by atoms with Crippen LogP contribution in [0.25, 0.3) is 10.9 Å². The molecule has 0 unspecified atom stereocenters. The molecule has 4 heteroatoms. The number of nitrogen functional groups attached to an aromatic ring is 1. The van der Waals surface area contributed by atoms with E-state index in [-0.39, 0.29) is 5.97 Å². The van der Waals surface area contributed by atoms with Crippen molar-refractivity contribution >= 4 is 22.6 Å². The van der Waals surface area contributed by atoms with E-state index in [2.05, 4.69) is 18.8 Å². The third-order valence-electron chi connectivity index (χ3n) is 3.02. The van der Waals surface area contributed by atoms with Crippen LogP contribution in [-0.2, 0) is 4.74 Å². The molecule has 0 aliphatic heterocycles. The number of nitrogens with two attached hydrogens (primary N) is 1. The van der Waals surface area contributed by atoms with Crippen LogP contribution in [-0.4, -0.2) is 17.6 Å². The highest BCUT2D eigenvalue weighted by molar-refractivity contribution is 5.95. The number of anilines is 1. The van der Waals surface area contributed by atoms with Crippen LogP contribution < -0.4 is 5.73 Å². The number of rotatable bonds is 5. The first-order chi connectivity index (χ1) is 9.06. The Morgan fingerprint density at radius 2 is 2.16 bits per heavy atom. The molecule has 4 nitrogen and oxygen atoms in total.